The molecule has 4 heteroatoms. The zero-order chi connectivity index (χ0) is 10.1. The molecule has 2 fully saturated rings. The van der Waals surface area contributed by atoms with Crippen molar-refractivity contribution in [2.45, 2.75) is 31.4 Å². The second-order valence-electron chi connectivity index (χ2n) is 4.33. The highest BCUT2D eigenvalue weighted by Gasteiger charge is 2.40. The van der Waals surface area contributed by atoms with Gasteiger partial charge >= 0.3 is 0 Å². The average molecular weight is 198 g/mol. The zero-order valence-corrected chi connectivity index (χ0v) is 8.61. The molecule has 1 saturated carbocycles. The first-order chi connectivity index (χ1) is 6.74. The smallest absolute Gasteiger partial charge is 0.223 e. The second kappa shape index (κ2) is 3.87. The van der Waals surface area contributed by atoms with Crippen molar-refractivity contribution < 1.29 is 9.53 Å². The predicted molar refractivity (Wildman–Crippen MR) is 52.7 cm³/mol. The maximum Gasteiger partial charge on any atom is 0.223 e. The highest BCUT2D eigenvalue weighted by Crippen LogP contribution is 2.32. The minimum absolute atomic E-state index is 0.278. The lowest BCUT2D eigenvalue weighted by Crippen LogP contribution is -2.48. The summed E-state index contributed by atoms with van der Waals surface area (Å²) >= 11 is 0. The van der Waals surface area contributed by atoms with Crippen LogP contribution in [-0.2, 0) is 9.53 Å². The Morgan fingerprint density at radius 2 is 2.29 bits per heavy atom. The van der Waals surface area contributed by atoms with Gasteiger partial charge in [0.15, 0.2) is 0 Å². The molecule has 80 valence electrons. The number of amides is 1. The fourth-order valence-electron chi connectivity index (χ4n) is 2.30. The Morgan fingerprint density at radius 3 is 2.79 bits per heavy atom. The van der Waals surface area contributed by atoms with E-state index in [9.17, 15) is 4.79 Å². The Bertz CT molecular complexity index is 226. The van der Waals surface area contributed by atoms with Gasteiger partial charge in [0.05, 0.1) is 6.10 Å². The molecule has 14 heavy (non-hydrogen) atoms. The van der Waals surface area contributed by atoms with Crippen molar-refractivity contribution in [3.05, 3.63) is 0 Å². The highest BCUT2D eigenvalue weighted by atomic mass is 16.5. The van der Waals surface area contributed by atoms with Gasteiger partial charge in [-0.2, -0.15) is 0 Å². The fourth-order valence-corrected chi connectivity index (χ4v) is 2.30. The molecule has 0 radical (unpaired) electrons. The van der Waals surface area contributed by atoms with Gasteiger partial charge in [-0.05, 0) is 25.3 Å². The number of nitrogens with two attached hydrogens (primary N) is 1. The standard InChI is InChI=1S/C10H18N2O2/c1-14-9-3-8(4-9)12-6-7(5-11)2-10(12)13/h7-9H,2-6,11H2,1H3. The number of methoxy groups -OCH3 is 1. The molecular weight excluding hydrogens is 180 g/mol. The van der Waals surface area contributed by atoms with Crippen LogP contribution in [0.1, 0.15) is 19.3 Å². The van der Waals surface area contributed by atoms with Crippen LogP contribution in [0, 0.1) is 5.92 Å². The molecule has 1 aliphatic heterocycles. The van der Waals surface area contributed by atoms with Crippen molar-refractivity contribution >= 4 is 5.91 Å². The number of carbonyl (C=O) groups is 1. The highest BCUT2D eigenvalue weighted by molar-refractivity contribution is 5.79. The van der Waals surface area contributed by atoms with Gasteiger partial charge < -0.3 is 15.4 Å². The first kappa shape index (κ1) is 9.93. The van der Waals surface area contributed by atoms with Gasteiger partial charge in [-0.15, -0.1) is 0 Å². The van der Waals surface area contributed by atoms with Gasteiger partial charge in [0.1, 0.15) is 0 Å². The van der Waals surface area contributed by atoms with Crippen molar-refractivity contribution in [2.24, 2.45) is 11.7 Å². The molecular formula is C10H18N2O2. The SMILES string of the molecule is COC1CC(N2CC(CN)CC2=O)C1. The van der Waals surface area contributed by atoms with Gasteiger partial charge in [-0.3, -0.25) is 4.79 Å². The van der Waals surface area contributed by atoms with Crippen LogP contribution >= 0.6 is 0 Å². The van der Waals surface area contributed by atoms with Crippen molar-refractivity contribution in [3.63, 3.8) is 0 Å². The molecule has 1 aliphatic carbocycles. The van der Waals surface area contributed by atoms with Crippen LogP contribution in [0.25, 0.3) is 0 Å². The van der Waals surface area contributed by atoms with E-state index in [4.69, 9.17) is 10.5 Å². The topological polar surface area (TPSA) is 55.6 Å². The van der Waals surface area contributed by atoms with E-state index < -0.39 is 0 Å². The molecule has 0 bridgehead atoms. The zero-order valence-electron chi connectivity index (χ0n) is 8.61. The summed E-state index contributed by atoms with van der Waals surface area (Å²) in [6, 6.07) is 0.420. The summed E-state index contributed by atoms with van der Waals surface area (Å²) in [7, 11) is 1.73. The van der Waals surface area contributed by atoms with Crippen molar-refractivity contribution in [2.75, 3.05) is 20.2 Å². The van der Waals surface area contributed by atoms with Crippen LogP contribution in [0.15, 0.2) is 0 Å². The molecule has 1 amide bonds. The third kappa shape index (κ3) is 1.64. The van der Waals surface area contributed by atoms with Crippen LogP contribution in [0.2, 0.25) is 0 Å². The number of nitrogens with zero attached hydrogens (tertiary/aromatic N) is 1. The number of carbonyl (C=O) groups excluding carboxylic acids is 1. The molecule has 1 saturated heterocycles. The normalized spacial score (nSPS) is 37.4. The Kier molecular flexibility index (Phi) is 2.74. The molecule has 4 nitrogen and oxygen atoms in total. The van der Waals surface area contributed by atoms with Gasteiger partial charge in [0, 0.05) is 26.1 Å². The van der Waals surface area contributed by atoms with E-state index >= 15 is 0 Å². The minimum atomic E-state index is 0.278. The summed E-state index contributed by atoms with van der Waals surface area (Å²) in [5.41, 5.74) is 5.57. The van der Waals surface area contributed by atoms with E-state index in [0.717, 1.165) is 19.4 Å². The van der Waals surface area contributed by atoms with Gasteiger partial charge in [-0.25, -0.2) is 0 Å². The summed E-state index contributed by atoms with van der Waals surface area (Å²) in [5, 5.41) is 0. The van der Waals surface area contributed by atoms with Crippen LogP contribution in [0.4, 0.5) is 0 Å². The van der Waals surface area contributed by atoms with Crippen LogP contribution in [0.3, 0.4) is 0 Å². The molecule has 2 rings (SSSR count). The third-order valence-corrected chi connectivity index (χ3v) is 3.42. The number of likely N-dealkylation sites (tertiary alicyclic amines) is 1. The molecule has 2 aliphatic rings. The third-order valence-electron chi connectivity index (χ3n) is 3.42. The monoisotopic (exact) mass is 198 g/mol. The van der Waals surface area contributed by atoms with E-state index in [1.54, 1.807) is 7.11 Å². The van der Waals surface area contributed by atoms with Crippen molar-refractivity contribution in [1.29, 1.82) is 0 Å². The van der Waals surface area contributed by atoms with E-state index in [2.05, 4.69) is 0 Å². The van der Waals surface area contributed by atoms with Gasteiger partial charge in [0.25, 0.3) is 0 Å². The predicted octanol–water partition coefficient (Wildman–Crippen LogP) is -0.0290. The first-order valence-electron chi connectivity index (χ1n) is 5.27. The minimum Gasteiger partial charge on any atom is -0.381 e. The van der Waals surface area contributed by atoms with Crippen molar-refractivity contribution in [3.8, 4) is 0 Å². The van der Waals surface area contributed by atoms with Crippen LogP contribution in [-0.4, -0.2) is 43.2 Å². The average Bonchev–Trinajstić information content (AvgIpc) is 2.46. The molecule has 1 atom stereocenters. The quantitative estimate of drug-likeness (QED) is 0.693. The maximum atomic E-state index is 11.6. The molecule has 2 N–H and O–H groups in total. The summed E-state index contributed by atoms with van der Waals surface area (Å²) in [5.74, 6) is 0.657. The van der Waals surface area contributed by atoms with E-state index in [1.807, 2.05) is 4.90 Å². The van der Waals surface area contributed by atoms with Crippen molar-refractivity contribution in [1.82, 2.24) is 4.90 Å². The van der Waals surface area contributed by atoms with E-state index in [-0.39, 0.29) is 5.91 Å². The summed E-state index contributed by atoms with van der Waals surface area (Å²) in [6.45, 7) is 1.49. The Labute approximate surface area is 84.4 Å². The lowest BCUT2D eigenvalue weighted by molar-refractivity contribution is -0.134. The first-order valence-corrected chi connectivity index (χ1v) is 5.27. The Hall–Kier alpha value is -0.610. The Morgan fingerprint density at radius 1 is 1.57 bits per heavy atom. The number of hydrogen-bond acceptors (Lipinski definition) is 3. The molecule has 0 aromatic carbocycles. The molecule has 1 heterocycles. The molecule has 0 aromatic heterocycles. The lowest BCUT2D eigenvalue weighted by Gasteiger charge is -2.40. The number of hydrogen-bond donors (Lipinski definition) is 1. The molecule has 1 unspecified atom stereocenters. The fraction of sp³-hybridized carbons (Fsp3) is 0.900. The summed E-state index contributed by atoms with van der Waals surface area (Å²) in [6.07, 6.45) is 3.01. The molecule has 0 spiro atoms. The lowest BCUT2D eigenvalue weighted by atomic mass is 9.88. The number of ether oxygens (including phenoxy) is 1. The van der Waals surface area contributed by atoms with Gasteiger partial charge in [0.2, 0.25) is 5.91 Å². The van der Waals surface area contributed by atoms with E-state index in [0.29, 0.717) is 31.0 Å². The summed E-state index contributed by atoms with van der Waals surface area (Å²) < 4.78 is 5.20. The van der Waals surface area contributed by atoms with E-state index in [1.165, 1.54) is 0 Å². The second-order valence-corrected chi connectivity index (χ2v) is 4.33. The van der Waals surface area contributed by atoms with Gasteiger partial charge in [-0.1, -0.05) is 0 Å². The maximum absolute atomic E-state index is 11.6. The summed E-state index contributed by atoms with van der Waals surface area (Å²) in [4.78, 5) is 13.6. The van der Waals surface area contributed by atoms with Crippen LogP contribution < -0.4 is 5.73 Å². The number of rotatable bonds is 3. The Balaban J connectivity index is 1.85. The largest absolute Gasteiger partial charge is 0.381 e. The van der Waals surface area contributed by atoms with Crippen LogP contribution in [0.5, 0.6) is 0 Å². The molecule has 0 aromatic rings.